The van der Waals surface area contributed by atoms with Crippen LogP contribution in [-0.2, 0) is 9.53 Å². The minimum atomic E-state index is -0.431. The maximum atomic E-state index is 11.2. The first kappa shape index (κ1) is 18.0. The van der Waals surface area contributed by atoms with Gasteiger partial charge in [0.05, 0.1) is 6.10 Å². The average molecular weight is 294 g/mol. The van der Waals surface area contributed by atoms with Crippen LogP contribution in [0.15, 0.2) is 24.3 Å². The van der Waals surface area contributed by atoms with E-state index in [1.165, 1.54) is 19.3 Å². The van der Waals surface area contributed by atoms with Gasteiger partial charge in [-0.3, -0.25) is 4.79 Å². The van der Waals surface area contributed by atoms with Gasteiger partial charge in [-0.1, -0.05) is 44.1 Å². The van der Waals surface area contributed by atoms with Gasteiger partial charge in [-0.05, 0) is 44.9 Å². The maximum Gasteiger partial charge on any atom is 0.306 e. The van der Waals surface area contributed by atoms with E-state index in [0.717, 1.165) is 32.1 Å². The number of esters is 1. The lowest BCUT2D eigenvalue weighted by Gasteiger charge is -2.22. The molecule has 3 heteroatoms. The number of aliphatic hydroxyl groups excluding tert-OH is 1. The Hall–Kier alpha value is -1.09. The van der Waals surface area contributed by atoms with Crippen molar-refractivity contribution in [3.8, 4) is 0 Å². The molecule has 0 aromatic carbocycles. The standard InChI is InChI=1S/C18H30O3/c1-2-3-4-5-6-7-8-9-11-16(19)14-15-17-12-10-13-18(20)21-17/h6-7,9,11,16-17,19H,2-5,8,10,12-15H2,1H3/b7-6-,11-9-/t16-,17-/m1/s1. The smallest absolute Gasteiger partial charge is 0.306 e. The fourth-order valence-electron chi connectivity index (χ4n) is 2.47. The van der Waals surface area contributed by atoms with Crippen LogP contribution in [0.25, 0.3) is 0 Å². The predicted octanol–water partition coefficient (Wildman–Crippen LogP) is 4.31. The van der Waals surface area contributed by atoms with Crippen molar-refractivity contribution in [2.75, 3.05) is 0 Å². The Labute approximate surface area is 129 Å². The van der Waals surface area contributed by atoms with E-state index in [4.69, 9.17) is 4.74 Å². The van der Waals surface area contributed by atoms with Gasteiger partial charge in [-0.2, -0.15) is 0 Å². The van der Waals surface area contributed by atoms with Gasteiger partial charge in [-0.15, -0.1) is 0 Å². The first-order chi connectivity index (χ1) is 10.2. The van der Waals surface area contributed by atoms with Crippen LogP contribution in [0.5, 0.6) is 0 Å². The summed E-state index contributed by atoms with van der Waals surface area (Å²) in [6.07, 6.45) is 17.5. The van der Waals surface area contributed by atoms with Gasteiger partial charge in [0.15, 0.2) is 0 Å². The number of allylic oxidation sites excluding steroid dienone is 3. The number of carbonyl (C=O) groups is 1. The molecule has 0 unspecified atom stereocenters. The fraction of sp³-hybridized carbons (Fsp3) is 0.722. The van der Waals surface area contributed by atoms with E-state index in [-0.39, 0.29) is 12.1 Å². The van der Waals surface area contributed by atoms with Crippen LogP contribution >= 0.6 is 0 Å². The summed E-state index contributed by atoms with van der Waals surface area (Å²) in [7, 11) is 0. The van der Waals surface area contributed by atoms with Crippen LogP contribution < -0.4 is 0 Å². The number of unbranched alkanes of at least 4 members (excludes halogenated alkanes) is 3. The third-order valence-electron chi connectivity index (χ3n) is 3.76. The second-order valence-corrected chi connectivity index (χ2v) is 5.78. The number of ether oxygens (including phenoxy) is 1. The van der Waals surface area contributed by atoms with Crippen molar-refractivity contribution in [2.45, 2.75) is 83.3 Å². The number of carbonyl (C=O) groups excluding carboxylic acids is 1. The number of hydrogen-bond acceptors (Lipinski definition) is 3. The van der Waals surface area contributed by atoms with E-state index in [0.29, 0.717) is 12.8 Å². The Morgan fingerprint density at radius 2 is 2.19 bits per heavy atom. The lowest BCUT2D eigenvalue weighted by molar-refractivity contribution is -0.154. The Morgan fingerprint density at radius 1 is 1.33 bits per heavy atom. The van der Waals surface area contributed by atoms with E-state index in [9.17, 15) is 9.90 Å². The molecular weight excluding hydrogens is 264 g/mol. The molecule has 1 aliphatic rings. The predicted molar refractivity (Wildman–Crippen MR) is 86.0 cm³/mol. The molecule has 0 aliphatic carbocycles. The van der Waals surface area contributed by atoms with Crippen LogP contribution in [0.1, 0.15) is 71.1 Å². The van der Waals surface area contributed by atoms with Crippen molar-refractivity contribution in [3.05, 3.63) is 24.3 Å². The first-order valence-electron chi connectivity index (χ1n) is 8.41. The molecule has 3 nitrogen and oxygen atoms in total. The van der Waals surface area contributed by atoms with E-state index in [1.807, 2.05) is 12.2 Å². The van der Waals surface area contributed by atoms with E-state index in [2.05, 4.69) is 19.1 Å². The molecule has 0 aromatic rings. The summed E-state index contributed by atoms with van der Waals surface area (Å²) in [6.45, 7) is 2.21. The van der Waals surface area contributed by atoms with Gasteiger partial charge in [0.1, 0.15) is 6.10 Å². The fourth-order valence-corrected chi connectivity index (χ4v) is 2.47. The molecule has 1 aliphatic heterocycles. The molecule has 0 spiro atoms. The van der Waals surface area contributed by atoms with Crippen molar-refractivity contribution >= 4 is 5.97 Å². The van der Waals surface area contributed by atoms with Crippen molar-refractivity contribution < 1.29 is 14.6 Å². The van der Waals surface area contributed by atoms with Gasteiger partial charge in [0, 0.05) is 6.42 Å². The first-order valence-corrected chi connectivity index (χ1v) is 8.41. The number of cyclic esters (lactones) is 1. The summed E-state index contributed by atoms with van der Waals surface area (Å²) in [5.74, 6) is -0.0931. The molecule has 0 amide bonds. The largest absolute Gasteiger partial charge is 0.462 e. The number of hydrogen-bond donors (Lipinski definition) is 1. The molecule has 1 fully saturated rings. The van der Waals surface area contributed by atoms with Crippen LogP contribution in [-0.4, -0.2) is 23.3 Å². The summed E-state index contributed by atoms with van der Waals surface area (Å²) < 4.78 is 5.24. The lowest BCUT2D eigenvalue weighted by Crippen LogP contribution is -2.24. The molecule has 0 saturated carbocycles. The highest BCUT2D eigenvalue weighted by Crippen LogP contribution is 2.19. The van der Waals surface area contributed by atoms with Crippen LogP contribution in [0, 0.1) is 0 Å². The third-order valence-corrected chi connectivity index (χ3v) is 3.76. The third kappa shape index (κ3) is 9.46. The zero-order valence-electron chi connectivity index (χ0n) is 13.3. The van der Waals surface area contributed by atoms with Crippen molar-refractivity contribution in [1.82, 2.24) is 0 Å². The van der Waals surface area contributed by atoms with Crippen molar-refractivity contribution in [1.29, 1.82) is 0 Å². The van der Waals surface area contributed by atoms with E-state index in [1.54, 1.807) is 0 Å². The van der Waals surface area contributed by atoms with Gasteiger partial charge >= 0.3 is 5.97 Å². The van der Waals surface area contributed by atoms with Gasteiger partial charge in [-0.25, -0.2) is 0 Å². The monoisotopic (exact) mass is 294 g/mol. The molecule has 1 heterocycles. The molecular formula is C18H30O3. The molecule has 1 saturated heterocycles. The molecule has 21 heavy (non-hydrogen) atoms. The Kier molecular flexibility index (Phi) is 9.88. The summed E-state index contributed by atoms with van der Waals surface area (Å²) in [4.78, 5) is 11.2. The highest BCUT2D eigenvalue weighted by atomic mass is 16.5. The molecule has 0 bridgehead atoms. The van der Waals surface area contributed by atoms with Gasteiger partial charge in [0.25, 0.3) is 0 Å². The van der Waals surface area contributed by atoms with Crippen molar-refractivity contribution in [2.24, 2.45) is 0 Å². The van der Waals surface area contributed by atoms with E-state index < -0.39 is 6.10 Å². The zero-order chi connectivity index (χ0) is 15.3. The Bertz CT molecular complexity index is 333. The maximum absolute atomic E-state index is 11.2. The van der Waals surface area contributed by atoms with Gasteiger partial charge < -0.3 is 9.84 Å². The lowest BCUT2D eigenvalue weighted by atomic mass is 10.0. The zero-order valence-corrected chi connectivity index (χ0v) is 13.3. The van der Waals surface area contributed by atoms with Crippen molar-refractivity contribution in [3.63, 3.8) is 0 Å². The van der Waals surface area contributed by atoms with E-state index >= 15 is 0 Å². The minimum absolute atomic E-state index is 0.00719. The molecule has 0 aromatic heterocycles. The van der Waals surface area contributed by atoms with Crippen LogP contribution in [0.2, 0.25) is 0 Å². The Morgan fingerprint density at radius 3 is 2.95 bits per heavy atom. The molecule has 0 radical (unpaired) electrons. The highest BCUT2D eigenvalue weighted by Gasteiger charge is 2.20. The number of aliphatic hydroxyl groups is 1. The molecule has 1 rings (SSSR count). The number of rotatable bonds is 10. The summed E-state index contributed by atoms with van der Waals surface area (Å²) in [5, 5.41) is 9.87. The summed E-state index contributed by atoms with van der Waals surface area (Å²) in [5.41, 5.74) is 0. The molecule has 120 valence electrons. The van der Waals surface area contributed by atoms with Gasteiger partial charge in [0.2, 0.25) is 0 Å². The molecule has 2 atom stereocenters. The Balaban J connectivity index is 2.05. The summed E-state index contributed by atoms with van der Waals surface area (Å²) in [6, 6.07) is 0. The molecule has 1 N–H and O–H groups in total. The quantitative estimate of drug-likeness (QED) is 0.371. The topological polar surface area (TPSA) is 46.5 Å². The van der Waals surface area contributed by atoms with Crippen LogP contribution in [0.3, 0.4) is 0 Å². The summed E-state index contributed by atoms with van der Waals surface area (Å²) >= 11 is 0. The minimum Gasteiger partial charge on any atom is -0.462 e. The van der Waals surface area contributed by atoms with Crippen LogP contribution in [0.4, 0.5) is 0 Å². The average Bonchev–Trinajstić information content (AvgIpc) is 2.48. The highest BCUT2D eigenvalue weighted by molar-refractivity contribution is 5.70. The second kappa shape index (κ2) is 11.6. The SMILES string of the molecule is CCCCC/C=C\C/C=C\[C@@H](O)CC[C@H]1CCCC(=O)O1. The second-order valence-electron chi connectivity index (χ2n) is 5.78. The normalized spacial score (nSPS) is 21.0.